The number of piperidine rings is 1. The van der Waals surface area contributed by atoms with Gasteiger partial charge in [-0.2, -0.15) is 0 Å². The summed E-state index contributed by atoms with van der Waals surface area (Å²) in [5, 5.41) is 3.39. The minimum absolute atomic E-state index is 0.0919. The number of para-hydroxylation sites is 1. The van der Waals surface area contributed by atoms with Gasteiger partial charge in [-0.15, -0.1) is 0 Å². The number of carbonyl (C=O) groups is 1. The summed E-state index contributed by atoms with van der Waals surface area (Å²) in [7, 11) is 0. The maximum absolute atomic E-state index is 12.8. The number of nitrogens with one attached hydrogen (secondary N) is 1. The second-order valence-corrected chi connectivity index (χ2v) is 7.58. The predicted molar refractivity (Wildman–Crippen MR) is 118 cm³/mol. The summed E-state index contributed by atoms with van der Waals surface area (Å²) in [6.45, 7) is 2.81. The Hall–Kier alpha value is -3.28. The molecular weight excluding hydrogens is 374 g/mol. The van der Waals surface area contributed by atoms with Gasteiger partial charge in [-0.3, -0.25) is 9.78 Å². The zero-order chi connectivity index (χ0) is 20.8. The molecule has 0 bridgehead atoms. The molecule has 6 heteroatoms. The highest BCUT2D eigenvalue weighted by molar-refractivity contribution is 5.76. The molecule has 2 aromatic heterocycles. The Kier molecular flexibility index (Phi) is 6.32. The standard InChI is InChI=1S/C24H27N5O/c1-2-9-23(30)29-15-7-6-13-21(29)24-27-20(18-10-8-14-25-17-18)16-22(28-24)26-19-11-4-3-5-12-19/h3-5,8,10-12,14,16-17,21H,2,6-7,9,13,15H2,1H3,(H,26,27,28)/t21-/m0/s1. The van der Waals surface area contributed by atoms with E-state index in [1.807, 2.05) is 60.4 Å². The Labute approximate surface area is 177 Å². The van der Waals surface area contributed by atoms with Gasteiger partial charge >= 0.3 is 0 Å². The van der Waals surface area contributed by atoms with E-state index in [-0.39, 0.29) is 11.9 Å². The van der Waals surface area contributed by atoms with Gasteiger partial charge in [0.15, 0.2) is 5.82 Å². The molecule has 1 aliphatic rings. The maximum atomic E-state index is 12.8. The molecule has 1 fully saturated rings. The van der Waals surface area contributed by atoms with Gasteiger partial charge in [-0.25, -0.2) is 9.97 Å². The topological polar surface area (TPSA) is 71.0 Å². The Morgan fingerprint density at radius 3 is 2.77 bits per heavy atom. The quantitative estimate of drug-likeness (QED) is 0.619. The molecule has 4 rings (SSSR count). The van der Waals surface area contributed by atoms with Crippen molar-refractivity contribution >= 4 is 17.4 Å². The van der Waals surface area contributed by atoms with E-state index in [1.165, 1.54) is 0 Å². The molecule has 1 aromatic carbocycles. The van der Waals surface area contributed by atoms with Crippen molar-refractivity contribution in [2.45, 2.75) is 45.1 Å². The average molecular weight is 402 g/mol. The predicted octanol–water partition coefficient (Wildman–Crippen LogP) is 5.14. The first-order chi connectivity index (χ1) is 14.7. The molecule has 0 aliphatic carbocycles. The molecule has 0 radical (unpaired) electrons. The summed E-state index contributed by atoms with van der Waals surface area (Å²) >= 11 is 0. The van der Waals surface area contributed by atoms with Gasteiger partial charge in [0.05, 0.1) is 11.7 Å². The third-order valence-electron chi connectivity index (χ3n) is 5.33. The number of nitrogens with zero attached hydrogens (tertiary/aromatic N) is 4. The molecule has 0 spiro atoms. The second-order valence-electron chi connectivity index (χ2n) is 7.58. The van der Waals surface area contributed by atoms with E-state index in [2.05, 4.69) is 10.3 Å². The monoisotopic (exact) mass is 401 g/mol. The van der Waals surface area contributed by atoms with E-state index in [4.69, 9.17) is 9.97 Å². The van der Waals surface area contributed by atoms with Gasteiger partial charge in [0.1, 0.15) is 5.82 Å². The SMILES string of the molecule is CCCC(=O)N1CCCC[C@H]1c1nc(Nc2ccccc2)cc(-c2cccnc2)n1. The largest absolute Gasteiger partial charge is 0.340 e. The van der Waals surface area contributed by atoms with Crippen LogP contribution in [0.5, 0.6) is 0 Å². The number of rotatable bonds is 6. The molecule has 30 heavy (non-hydrogen) atoms. The molecule has 1 N–H and O–H groups in total. The van der Waals surface area contributed by atoms with Gasteiger partial charge in [0.2, 0.25) is 5.91 Å². The lowest BCUT2D eigenvalue weighted by Crippen LogP contribution is -2.39. The van der Waals surface area contributed by atoms with E-state index in [9.17, 15) is 4.79 Å². The molecule has 154 valence electrons. The summed E-state index contributed by atoms with van der Waals surface area (Å²) in [4.78, 5) is 28.7. The van der Waals surface area contributed by atoms with Crippen LogP contribution in [0.3, 0.4) is 0 Å². The van der Waals surface area contributed by atoms with Crippen molar-refractivity contribution in [1.29, 1.82) is 0 Å². The number of benzene rings is 1. The minimum atomic E-state index is -0.0919. The number of pyridine rings is 1. The van der Waals surface area contributed by atoms with E-state index in [1.54, 1.807) is 12.4 Å². The third-order valence-corrected chi connectivity index (χ3v) is 5.33. The Balaban J connectivity index is 1.73. The smallest absolute Gasteiger partial charge is 0.223 e. The molecule has 0 unspecified atom stereocenters. The molecule has 1 aliphatic heterocycles. The summed E-state index contributed by atoms with van der Waals surface area (Å²) in [6, 6.07) is 15.7. The van der Waals surface area contributed by atoms with E-state index in [0.29, 0.717) is 12.2 Å². The normalized spacial score (nSPS) is 16.3. The van der Waals surface area contributed by atoms with Crippen LogP contribution in [0.4, 0.5) is 11.5 Å². The molecule has 1 amide bonds. The number of hydrogen-bond donors (Lipinski definition) is 1. The second kappa shape index (κ2) is 9.48. The lowest BCUT2D eigenvalue weighted by Gasteiger charge is -2.35. The molecular formula is C24H27N5O. The first kappa shape index (κ1) is 20.0. The number of likely N-dealkylation sites (tertiary alicyclic amines) is 1. The van der Waals surface area contributed by atoms with Crippen molar-refractivity contribution in [3.63, 3.8) is 0 Å². The molecule has 3 heterocycles. The summed E-state index contributed by atoms with van der Waals surface area (Å²) in [6.07, 6.45) is 7.95. The molecule has 1 saturated heterocycles. The van der Waals surface area contributed by atoms with Gasteiger partial charge in [-0.1, -0.05) is 25.1 Å². The number of amides is 1. The van der Waals surface area contributed by atoms with Crippen molar-refractivity contribution in [1.82, 2.24) is 19.9 Å². The van der Waals surface area contributed by atoms with Crippen molar-refractivity contribution in [3.05, 3.63) is 66.7 Å². The fraction of sp³-hybridized carbons (Fsp3) is 0.333. The highest BCUT2D eigenvalue weighted by Crippen LogP contribution is 2.32. The lowest BCUT2D eigenvalue weighted by molar-refractivity contribution is -0.135. The fourth-order valence-corrected chi connectivity index (χ4v) is 3.87. The van der Waals surface area contributed by atoms with Crippen molar-refractivity contribution in [2.24, 2.45) is 0 Å². The molecule has 6 nitrogen and oxygen atoms in total. The highest BCUT2D eigenvalue weighted by Gasteiger charge is 2.30. The van der Waals surface area contributed by atoms with Crippen LogP contribution in [0, 0.1) is 0 Å². The fourth-order valence-electron chi connectivity index (χ4n) is 3.87. The first-order valence-electron chi connectivity index (χ1n) is 10.7. The Morgan fingerprint density at radius 2 is 2.00 bits per heavy atom. The van der Waals surface area contributed by atoms with Crippen LogP contribution in [-0.2, 0) is 4.79 Å². The van der Waals surface area contributed by atoms with Gasteiger partial charge in [0, 0.05) is 42.7 Å². The van der Waals surface area contributed by atoms with Gasteiger partial charge in [0.25, 0.3) is 0 Å². The summed E-state index contributed by atoms with van der Waals surface area (Å²) in [5.74, 6) is 1.60. The van der Waals surface area contributed by atoms with Crippen molar-refractivity contribution in [3.8, 4) is 11.3 Å². The van der Waals surface area contributed by atoms with Gasteiger partial charge in [-0.05, 0) is 49.9 Å². The number of carbonyl (C=O) groups excluding carboxylic acids is 1. The Morgan fingerprint density at radius 1 is 1.13 bits per heavy atom. The van der Waals surface area contributed by atoms with Crippen LogP contribution >= 0.6 is 0 Å². The van der Waals surface area contributed by atoms with Crippen LogP contribution in [0.15, 0.2) is 60.9 Å². The van der Waals surface area contributed by atoms with Gasteiger partial charge < -0.3 is 10.2 Å². The zero-order valence-corrected chi connectivity index (χ0v) is 17.3. The van der Waals surface area contributed by atoms with Crippen LogP contribution < -0.4 is 5.32 Å². The zero-order valence-electron chi connectivity index (χ0n) is 17.3. The molecule has 1 atom stereocenters. The van der Waals surface area contributed by atoms with Crippen LogP contribution in [0.1, 0.15) is 50.9 Å². The maximum Gasteiger partial charge on any atom is 0.223 e. The Bertz CT molecular complexity index is 977. The number of aromatic nitrogens is 3. The number of anilines is 2. The number of hydrogen-bond acceptors (Lipinski definition) is 5. The summed E-state index contributed by atoms with van der Waals surface area (Å²) < 4.78 is 0. The average Bonchev–Trinajstić information content (AvgIpc) is 2.80. The van der Waals surface area contributed by atoms with Crippen LogP contribution in [0.25, 0.3) is 11.3 Å². The lowest BCUT2D eigenvalue weighted by atomic mass is 10.00. The van der Waals surface area contributed by atoms with E-state index in [0.717, 1.165) is 55.0 Å². The van der Waals surface area contributed by atoms with Crippen molar-refractivity contribution < 1.29 is 4.79 Å². The van der Waals surface area contributed by atoms with Crippen LogP contribution in [0.2, 0.25) is 0 Å². The summed E-state index contributed by atoms with van der Waals surface area (Å²) in [5.41, 5.74) is 2.70. The molecule has 0 saturated carbocycles. The van der Waals surface area contributed by atoms with Crippen molar-refractivity contribution in [2.75, 3.05) is 11.9 Å². The first-order valence-corrected chi connectivity index (χ1v) is 10.7. The van der Waals surface area contributed by atoms with E-state index >= 15 is 0 Å². The third kappa shape index (κ3) is 4.64. The van der Waals surface area contributed by atoms with E-state index < -0.39 is 0 Å². The molecule has 3 aromatic rings. The highest BCUT2D eigenvalue weighted by atomic mass is 16.2. The van der Waals surface area contributed by atoms with Crippen LogP contribution in [-0.4, -0.2) is 32.3 Å². The minimum Gasteiger partial charge on any atom is -0.340 e.